The SMILES string of the molecule is CC1CCN(CC(=O)Nc2ccc(F)cc2F)C1CO. The van der Waals surface area contributed by atoms with Crippen molar-refractivity contribution in [3.05, 3.63) is 29.8 Å². The molecule has 1 fully saturated rings. The summed E-state index contributed by atoms with van der Waals surface area (Å²) in [6, 6.07) is 2.97. The van der Waals surface area contributed by atoms with E-state index in [4.69, 9.17) is 0 Å². The molecule has 1 aliphatic heterocycles. The van der Waals surface area contributed by atoms with E-state index in [9.17, 15) is 18.7 Å². The Morgan fingerprint density at radius 1 is 1.50 bits per heavy atom. The van der Waals surface area contributed by atoms with E-state index in [2.05, 4.69) is 5.32 Å². The first-order valence-electron chi connectivity index (χ1n) is 6.61. The van der Waals surface area contributed by atoms with Crippen molar-refractivity contribution in [2.45, 2.75) is 19.4 Å². The van der Waals surface area contributed by atoms with Gasteiger partial charge in [-0.05, 0) is 31.0 Å². The van der Waals surface area contributed by atoms with Gasteiger partial charge < -0.3 is 10.4 Å². The molecule has 6 heteroatoms. The smallest absolute Gasteiger partial charge is 0.238 e. The van der Waals surface area contributed by atoms with Crippen LogP contribution in [0.15, 0.2) is 18.2 Å². The third-order valence-electron chi connectivity index (χ3n) is 3.74. The molecule has 110 valence electrons. The quantitative estimate of drug-likeness (QED) is 0.883. The third-order valence-corrected chi connectivity index (χ3v) is 3.74. The van der Waals surface area contributed by atoms with Crippen LogP contribution in [0.3, 0.4) is 0 Å². The number of hydrogen-bond acceptors (Lipinski definition) is 3. The molecule has 0 bridgehead atoms. The van der Waals surface area contributed by atoms with Crippen LogP contribution in [0, 0.1) is 17.6 Å². The van der Waals surface area contributed by atoms with Crippen molar-refractivity contribution in [3.63, 3.8) is 0 Å². The highest BCUT2D eigenvalue weighted by molar-refractivity contribution is 5.92. The summed E-state index contributed by atoms with van der Waals surface area (Å²) in [6.07, 6.45) is 0.920. The van der Waals surface area contributed by atoms with Crippen LogP contribution < -0.4 is 5.32 Å². The van der Waals surface area contributed by atoms with Crippen LogP contribution in [0.25, 0.3) is 0 Å². The first-order chi connectivity index (χ1) is 9.51. The normalized spacial score (nSPS) is 23.0. The number of halogens is 2. The molecular formula is C14H18F2N2O2. The fourth-order valence-electron chi connectivity index (χ4n) is 2.54. The summed E-state index contributed by atoms with van der Waals surface area (Å²) in [5.74, 6) is -1.53. The molecule has 0 saturated carbocycles. The lowest BCUT2D eigenvalue weighted by Gasteiger charge is -2.24. The molecule has 1 saturated heterocycles. The van der Waals surface area contributed by atoms with Crippen LogP contribution in [-0.4, -0.2) is 41.7 Å². The molecule has 1 heterocycles. The lowest BCUT2D eigenvalue weighted by Crippen LogP contribution is -2.40. The van der Waals surface area contributed by atoms with Crippen molar-refractivity contribution < 1.29 is 18.7 Å². The van der Waals surface area contributed by atoms with Crippen molar-refractivity contribution in [2.75, 3.05) is 25.0 Å². The number of nitrogens with one attached hydrogen (secondary N) is 1. The predicted molar refractivity (Wildman–Crippen MR) is 71.2 cm³/mol. The number of likely N-dealkylation sites (tertiary alicyclic amines) is 1. The third kappa shape index (κ3) is 3.32. The van der Waals surface area contributed by atoms with Gasteiger partial charge in [0, 0.05) is 12.1 Å². The largest absolute Gasteiger partial charge is 0.395 e. The van der Waals surface area contributed by atoms with Crippen LogP contribution in [0.1, 0.15) is 13.3 Å². The molecule has 1 aromatic rings. The van der Waals surface area contributed by atoms with Crippen LogP contribution in [0.4, 0.5) is 14.5 Å². The Morgan fingerprint density at radius 2 is 2.25 bits per heavy atom. The fraction of sp³-hybridized carbons (Fsp3) is 0.500. The Bertz CT molecular complexity index is 496. The zero-order valence-corrected chi connectivity index (χ0v) is 11.3. The summed E-state index contributed by atoms with van der Waals surface area (Å²) in [5.41, 5.74) is -0.0378. The standard InChI is InChI=1S/C14H18F2N2O2/c1-9-4-5-18(13(9)8-19)7-14(20)17-12-3-2-10(15)6-11(12)16/h2-3,6,9,13,19H,4-5,7-8H2,1H3,(H,17,20). The summed E-state index contributed by atoms with van der Waals surface area (Å²) in [7, 11) is 0. The average Bonchev–Trinajstić information content (AvgIpc) is 2.73. The second-order valence-corrected chi connectivity index (χ2v) is 5.16. The number of carbonyl (C=O) groups excluding carboxylic acids is 1. The van der Waals surface area contributed by atoms with Crippen molar-refractivity contribution in [1.82, 2.24) is 4.90 Å². The van der Waals surface area contributed by atoms with Gasteiger partial charge in [-0.15, -0.1) is 0 Å². The van der Waals surface area contributed by atoms with Crippen molar-refractivity contribution in [1.29, 1.82) is 0 Å². The molecule has 1 aliphatic rings. The van der Waals surface area contributed by atoms with Gasteiger partial charge in [-0.3, -0.25) is 9.69 Å². The minimum absolute atomic E-state index is 0.000639. The molecule has 0 radical (unpaired) electrons. The summed E-state index contributed by atoms with van der Waals surface area (Å²) in [6.45, 7) is 2.84. The van der Waals surface area contributed by atoms with E-state index in [1.54, 1.807) is 0 Å². The van der Waals surface area contributed by atoms with E-state index in [0.717, 1.165) is 25.1 Å². The van der Waals surface area contributed by atoms with Crippen molar-refractivity contribution >= 4 is 11.6 Å². The number of anilines is 1. The van der Waals surface area contributed by atoms with E-state index in [1.807, 2.05) is 11.8 Å². The maximum atomic E-state index is 13.4. The molecule has 2 unspecified atom stereocenters. The maximum Gasteiger partial charge on any atom is 0.238 e. The molecule has 4 nitrogen and oxygen atoms in total. The molecule has 2 rings (SSSR count). The molecule has 2 N–H and O–H groups in total. The number of rotatable bonds is 4. The van der Waals surface area contributed by atoms with Gasteiger partial charge in [0.15, 0.2) is 0 Å². The number of carbonyl (C=O) groups is 1. The highest BCUT2D eigenvalue weighted by Gasteiger charge is 2.31. The maximum absolute atomic E-state index is 13.4. The van der Waals surface area contributed by atoms with Gasteiger partial charge in [0.05, 0.1) is 18.8 Å². The van der Waals surface area contributed by atoms with Gasteiger partial charge in [0.1, 0.15) is 11.6 Å². The molecule has 0 spiro atoms. The Labute approximate surface area is 116 Å². The zero-order valence-electron chi connectivity index (χ0n) is 11.3. The van der Waals surface area contributed by atoms with Crippen LogP contribution >= 0.6 is 0 Å². The molecule has 0 aliphatic carbocycles. The number of nitrogens with zero attached hydrogens (tertiary/aromatic N) is 1. The van der Waals surface area contributed by atoms with Crippen LogP contribution in [0.5, 0.6) is 0 Å². The Hall–Kier alpha value is -1.53. The van der Waals surface area contributed by atoms with Crippen molar-refractivity contribution in [2.24, 2.45) is 5.92 Å². The van der Waals surface area contributed by atoms with Crippen LogP contribution in [0.2, 0.25) is 0 Å². The van der Waals surface area contributed by atoms with E-state index >= 15 is 0 Å². The van der Waals surface area contributed by atoms with Gasteiger partial charge >= 0.3 is 0 Å². The highest BCUT2D eigenvalue weighted by Crippen LogP contribution is 2.23. The summed E-state index contributed by atoms with van der Waals surface area (Å²) >= 11 is 0. The highest BCUT2D eigenvalue weighted by atomic mass is 19.1. The molecule has 0 aromatic heterocycles. The average molecular weight is 284 g/mol. The number of hydrogen-bond donors (Lipinski definition) is 2. The lowest BCUT2D eigenvalue weighted by atomic mass is 10.0. The molecule has 2 atom stereocenters. The fourth-order valence-corrected chi connectivity index (χ4v) is 2.54. The second kappa shape index (κ2) is 6.28. The topological polar surface area (TPSA) is 52.6 Å². The summed E-state index contributed by atoms with van der Waals surface area (Å²) in [4.78, 5) is 13.8. The van der Waals surface area contributed by atoms with Gasteiger partial charge in [-0.1, -0.05) is 6.92 Å². The van der Waals surface area contributed by atoms with Gasteiger partial charge in [-0.2, -0.15) is 0 Å². The number of amides is 1. The predicted octanol–water partition coefficient (Wildman–Crippen LogP) is 1.61. The van der Waals surface area contributed by atoms with Crippen molar-refractivity contribution in [3.8, 4) is 0 Å². The molecular weight excluding hydrogens is 266 g/mol. The summed E-state index contributed by atoms with van der Waals surface area (Å²) < 4.78 is 26.2. The lowest BCUT2D eigenvalue weighted by molar-refractivity contribution is -0.117. The van der Waals surface area contributed by atoms with E-state index in [1.165, 1.54) is 6.07 Å². The summed E-state index contributed by atoms with van der Waals surface area (Å²) in [5, 5.41) is 11.7. The Morgan fingerprint density at radius 3 is 2.90 bits per heavy atom. The van der Waals surface area contributed by atoms with Crippen LogP contribution in [-0.2, 0) is 4.79 Å². The van der Waals surface area contributed by atoms with E-state index in [-0.39, 0.29) is 30.8 Å². The molecule has 1 amide bonds. The van der Waals surface area contributed by atoms with Gasteiger partial charge in [0.25, 0.3) is 0 Å². The minimum atomic E-state index is -0.799. The number of aliphatic hydroxyl groups excluding tert-OH is 1. The molecule has 20 heavy (non-hydrogen) atoms. The first kappa shape index (κ1) is 14.9. The monoisotopic (exact) mass is 284 g/mol. The molecule has 1 aromatic carbocycles. The van der Waals surface area contributed by atoms with Gasteiger partial charge in [-0.25, -0.2) is 8.78 Å². The Kier molecular flexibility index (Phi) is 4.67. The van der Waals surface area contributed by atoms with Gasteiger partial charge in [0.2, 0.25) is 5.91 Å². The number of benzene rings is 1. The first-order valence-corrected chi connectivity index (χ1v) is 6.61. The Balaban J connectivity index is 1.95. The number of aliphatic hydroxyl groups is 1. The van der Waals surface area contributed by atoms with E-state index < -0.39 is 11.6 Å². The zero-order chi connectivity index (χ0) is 14.7. The second-order valence-electron chi connectivity index (χ2n) is 5.16. The van der Waals surface area contributed by atoms with E-state index in [0.29, 0.717) is 5.92 Å². The minimum Gasteiger partial charge on any atom is -0.395 e.